The van der Waals surface area contributed by atoms with E-state index in [1.165, 1.54) is 0 Å². The van der Waals surface area contributed by atoms with E-state index in [4.69, 9.17) is 9.47 Å². The first kappa shape index (κ1) is 8.92. The molecule has 0 amide bonds. The lowest BCUT2D eigenvalue weighted by atomic mass is 10.1. The SMILES string of the molecule is CC.COCC1COC1. The molecule has 2 heteroatoms. The van der Waals surface area contributed by atoms with Gasteiger partial charge in [-0.15, -0.1) is 0 Å². The predicted molar refractivity (Wildman–Crippen MR) is 37.5 cm³/mol. The third kappa shape index (κ3) is 3.49. The fraction of sp³-hybridized carbons (Fsp3) is 1.00. The molecule has 1 saturated heterocycles. The van der Waals surface area contributed by atoms with E-state index in [-0.39, 0.29) is 0 Å². The largest absolute Gasteiger partial charge is 0.384 e. The van der Waals surface area contributed by atoms with Gasteiger partial charge in [0, 0.05) is 13.0 Å². The third-order valence-electron chi connectivity index (χ3n) is 1.11. The van der Waals surface area contributed by atoms with Gasteiger partial charge in [0.05, 0.1) is 19.8 Å². The van der Waals surface area contributed by atoms with Crippen LogP contribution >= 0.6 is 0 Å². The molecule has 0 aromatic rings. The highest BCUT2D eigenvalue weighted by Crippen LogP contribution is 2.08. The van der Waals surface area contributed by atoms with Gasteiger partial charge in [0.15, 0.2) is 0 Å². The van der Waals surface area contributed by atoms with Crippen LogP contribution in [0, 0.1) is 5.92 Å². The summed E-state index contributed by atoms with van der Waals surface area (Å²) in [5, 5.41) is 0. The van der Waals surface area contributed by atoms with E-state index >= 15 is 0 Å². The first-order chi connectivity index (χ1) is 4.43. The maximum atomic E-state index is 4.91. The Morgan fingerprint density at radius 2 is 2.00 bits per heavy atom. The summed E-state index contributed by atoms with van der Waals surface area (Å²) in [5.74, 6) is 0.685. The molecule has 0 N–H and O–H groups in total. The van der Waals surface area contributed by atoms with Gasteiger partial charge in [-0.25, -0.2) is 0 Å². The number of ether oxygens (including phenoxy) is 2. The Hall–Kier alpha value is -0.0800. The molecule has 9 heavy (non-hydrogen) atoms. The molecule has 1 fully saturated rings. The topological polar surface area (TPSA) is 18.5 Å². The molecule has 56 valence electrons. The highest BCUT2D eigenvalue weighted by atomic mass is 16.5. The highest BCUT2D eigenvalue weighted by Gasteiger charge is 2.16. The lowest BCUT2D eigenvalue weighted by Gasteiger charge is -2.24. The van der Waals surface area contributed by atoms with E-state index in [0.717, 1.165) is 19.8 Å². The molecule has 0 atom stereocenters. The summed E-state index contributed by atoms with van der Waals surface area (Å²) >= 11 is 0. The van der Waals surface area contributed by atoms with Crippen LogP contribution in [0.1, 0.15) is 13.8 Å². The minimum Gasteiger partial charge on any atom is -0.384 e. The molecule has 1 aliphatic heterocycles. The summed E-state index contributed by atoms with van der Waals surface area (Å²) in [5.41, 5.74) is 0. The van der Waals surface area contributed by atoms with E-state index in [0.29, 0.717) is 5.92 Å². The Morgan fingerprint density at radius 3 is 2.11 bits per heavy atom. The Kier molecular flexibility index (Phi) is 5.99. The van der Waals surface area contributed by atoms with Gasteiger partial charge in [-0.2, -0.15) is 0 Å². The summed E-state index contributed by atoms with van der Waals surface area (Å²) < 4.78 is 9.77. The summed E-state index contributed by atoms with van der Waals surface area (Å²) in [6, 6.07) is 0. The van der Waals surface area contributed by atoms with Crippen molar-refractivity contribution in [1.29, 1.82) is 0 Å². The van der Waals surface area contributed by atoms with Gasteiger partial charge < -0.3 is 9.47 Å². The maximum Gasteiger partial charge on any atom is 0.0538 e. The fourth-order valence-electron chi connectivity index (χ4n) is 0.616. The van der Waals surface area contributed by atoms with Crippen LogP contribution in [0.4, 0.5) is 0 Å². The molecule has 0 spiro atoms. The monoisotopic (exact) mass is 132 g/mol. The van der Waals surface area contributed by atoms with Crippen LogP contribution in [0.3, 0.4) is 0 Å². The highest BCUT2D eigenvalue weighted by molar-refractivity contribution is 4.62. The molecule has 2 nitrogen and oxygen atoms in total. The molecule has 0 aliphatic carbocycles. The van der Waals surface area contributed by atoms with Crippen LogP contribution < -0.4 is 0 Å². The van der Waals surface area contributed by atoms with E-state index in [1.807, 2.05) is 13.8 Å². The second-order valence-electron chi connectivity index (χ2n) is 1.86. The number of hydrogen-bond donors (Lipinski definition) is 0. The normalized spacial score (nSPS) is 17.7. The van der Waals surface area contributed by atoms with E-state index in [9.17, 15) is 0 Å². The zero-order valence-electron chi connectivity index (χ0n) is 6.52. The summed E-state index contributed by atoms with van der Waals surface area (Å²) in [4.78, 5) is 0. The fourth-order valence-corrected chi connectivity index (χ4v) is 0.616. The third-order valence-corrected chi connectivity index (χ3v) is 1.11. The van der Waals surface area contributed by atoms with Crippen molar-refractivity contribution >= 4 is 0 Å². The minimum absolute atomic E-state index is 0.685. The summed E-state index contributed by atoms with van der Waals surface area (Å²) in [6.07, 6.45) is 0. The van der Waals surface area contributed by atoms with Gasteiger partial charge >= 0.3 is 0 Å². The average molecular weight is 132 g/mol. The van der Waals surface area contributed by atoms with Crippen molar-refractivity contribution in [2.45, 2.75) is 13.8 Å². The maximum absolute atomic E-state index is 4.91. The van der Waals surface area contributed by atoms with E-state index in [2.05, 4.69) is 0 Å². The van der Waals surface area contributed by atoms with Gasteiger partial charge in [0.2, 0.25) is 0 Å². The molecule has 1 aliphatic rings. The van der Waals surface area contributed by atoms with Crippen LogP contribution in [-0.2, 0) is 9.47 Å². The zero-order chi connectivity index (χ0) is 7.11. The smallest absolute Gasteiger partial charge is 0.0538 e. The summed E-state index contributed by atoms with van der Waals surface area (Å²) in [7, 11) is 1.72. The van der Waals surface area contributed by atoms with Crippen LogP contribution in [0.5, 0.6) is 0 Å². The lowest BCUT2D eigenvalue weighted by Crippen LogP contribution is -2.30. The van der Waals surface area contributed by atoms with Crippen LogP contribution in [0.15, 0.2) is 0 Å². The Bertz CT molecular complexity index is 50.9. The van der Waals surface area contributed by atoms with Crippen molar-refractivity contribution in [3.05, 3.63) is 0 Å². The molecule has 0 bridgehead atoms. The number of hydrogen-bond acceptors (Lipinski definition) is 2. The van der Waals surface area contributed by atoms with Crippen molar-refractivity contribution in [3.8, 4) is 0 Å². The predicted octanol–water partition coefficient (Wildman–Crippen LogP) is 1.31. The van der Waals surface area contributed by atoms with E-state index in [1.54, 1.807) is 7.11 Å². The molecular formula is C7H16O2. The van der Waals surface area contributed by atoms with Crippen molar-refractivity contribution in [3.63, 3.8) is 0 Å². The van der Waals surface area contributed by atoms with Gasteiger partial charge in [0.25, 0.3) is 0 Å². The van der Waals surface area contributed by atoms with Crippen molar-refractivity contribution in [2.75, 3.05) is 26.9 Å². The van der Waals surface area contributed by atoms with Gasteiger partial charge in [-0.05, 0) is 0 Å². The van der Waals surface area contributed by atoms with Crippen LogP contribution in [0.2, 0.25) is 0 Å². The first-order valence-corrected chi connectivity index (χ1v) is 3.50. The quantitative estimate of drug-likeness (QED) is 0.564. The Labute approximate surface area is 57.2 Å². The molecule has 1 heterocycles. The number of rotatable bonds is 2. The zero-order valence-corrected chi connectivity index (χ0v) is 6.52. The second kappa shape index (κ2) is 6.05. The Balaban J connectivity index is 0.000000291. The lowest BCUT2D eigenvalue weighted by molar-refractivity contribution is -0.0635. The molecular weight excluding hydrogens is 116 g/mol. The van der Waals surface area contributed by atoms with Crippen LogP contribution in [0.25, 0.3) is 0 Å². The Morgan fingerprint density at radius 1 is 1.44 bits per heavy atom. The van der Waals surface area contributed by atoms with Crippen LogP contribution in [-0.4, -0.2) is 26.9 Å². The summed E-state index contributed by atoms with van der Waals surface area (Å²) in [6.45, 7) is 6.65. The van der Waals surface area contributed by atoms with Crippen molar-refractivity contribution in [1.82, 2.24) is 0 Å². The molecule has 0 saturated carbocycles. The van der Waals surface area contributed by atoms with Gasteiger partial charge in [0.1, 0.15) is 0 Å². The molecule has 0 aromatic carbocycles. The van der Waals surface area contributed by atoms with Gasteiger partial charge in [-0.3, -0.25) is 0 Å². The average Bonchev–Trinajstić information content (AvgIpc) is 1.84. The molecule has 1 rings (SSSR count). The van der Waals surface area contributed by atoms with Crippen molar-refractivity contribution < 1.29 is 9.47 Å². The number of methoxy groups -OCH3 is 1. The standard InChI is InChI=1S/C5H10O2.C2H6/c1-6-2-5-3-7-4-5;1-2/h5H,2-4H2,1H3;1-2H3. The molecule has 0 unspecified atom stereocenters. The van der Waals surface area contributed by atoms with Crippen molar-refractivity contribution in [2.24, 2.45) is 5.92 Å². The molecule has 0 radical (unpaired) electrons. The molecule has 0 aromatic heterocycles. The first-order valence-electron chi connectivity index (χ1n) is 3.50. The minimum atomic E-state index is 0.685. The van der Waals surface area contributed by atoms with Gasteiger partial charge in [-0.1, -0.05) is 13.8 Å². The second-order valence-corrected chi connectivity index (χ2v) is 1.86. The van der Waals surface area contributed by atoms with E-state index < -0.39 is 0 Å².